The van der Waals surface area contributed by atoms with Crippen molar-refractivity contribution in [3.05, 3.63) is 28.8 Å². The summed E-state index contributed by atoms with van der Waals surface area (Å²) >= 11 is 5.94. The molecule has 1 rings (SSSR count). The average Bonchev–Trinajstić information content (AvgIpc) is 2.19. The number of aliphatic hydroxyl groups is 1. The first kappa shape index (κ1) is 12.8. The second-order valence-corrected chi connectivity index (χ2v) is 3.84. The number of carbonyl (C=O) groups is 1. The third-order valence-corrected chi connectivity index (χ3v) is 2.34. The van der Waals surface area contributed by atoms with Gasteiger partial charge in [0.15, 0.2) is 0 Å². The minimum atomic E-state index is -0.572. The van der Waals surface area contributed by atoms with Gasteiger partial charge in [0.05, 0.1) is 24.2 Å². The normalized spacial score (nSPS) is 12.2. The number of hydrogen-bond donors (Lipinski definition) is 2. The Hall–Kier alpha value is -1.26. The Balaban J connectivity index is 2.64. The predicted molar refractivity (Wildman–Crippen MR) is 61.4 cm³/mol. The predicted octanol–water partition coefficient (Wildman–Crippen LogP) is 1.65. The zero-order valence-electron chi connectivity index (χ0n) is 8.94. The van der Waals surface area contributed by atoms with Crippen molar-refractivity contribution in [2.45, 2.75) is 19.4 Å². The fourth-order valence-corrected chi connectivity index (χ4v) is 1.40. The molecule has 5 heteroatoms. The van der Waals surface area contributed by atoms with Crippen molar-refractivity contribution in [2.75, 3.05) is 6.61 Å². The summed E-state index contributed by atoms with van der Waals surface area (Å²) in [6.07, 6.45) is -0.425. The number of benzene rings is 1. The van der Waals surface area contributed by atoms with Crippen molar-refractivity contribution >= 4 is 17.5 Å². The lowest BCUT2D eigenvalue weighted by atomic mass is 10.1. The van der Waals surface area contributed by atoms with E-state index in [1.165, 1.54) is 0 Å². The van der Waals surface area contributed by atoms with Crippen LogP contribution in [0.1, 0.15) is 25.0 Å². The molecule has 0 saturated carbocycles. The molecule has 0 spiro atoms. The molecule has 0 aliphatic carbocycles. The smallest absolute Gasteiger partial charge is 0.220 e. The molecule has 0 radical (unpaired) electrons. The Morgan fingerprint density at radius 1 is 1.62 bits per heavy atom. The zero-order chi connectivity index (χ0) is 12.1. The summed E-state index contributed by atoms with van der Waals surface area (Å²) in [5.74, 6) is 0.0593. The largest absolute Gasteiger partial charge is 0.491 e. The molecule has 0 saturated heterocycles. The summed E-state index contributed by atoms with van der Waals surface area (Å²) in [6.45, 7) is 1.85. The maximum atomic E-state index is 10.5. The van der Waals surface area contributed by atoms with Gasteiger partial charge < -0.3 is 15.6 Å². The van der Waals surface area contributed by atoms with Crippen LogP contribution in [0.5, 0.6) is 5.75 Å². The molecular formula is C11H14ClNO3. The quantitative estimate of drug-likeness (QED) is 0.826. The molecule has 0 aromatic heterocycles. The van der Waals surface area contributed by atoms with Gasteiger partial charge in [0.1, 0.15) is 5.75 Å². The summed E-state index contributed by atoms with van der Waals surface area (Å²) in [7, 11) is 0. The molecule has 3 N–H and O–H groups in total. The first-order chi connectivity index (χ1) is 7.50. The van der Waals surface area contributed by atoms with Crippen molar-refractivity contribution in [3.63, 3.8) is 0 Å². The van der Waals surface area contributed by atoms with Crippen LogP contribution in [0.3, 0.4) is 0 Å². The second-order valence-electron chi connectivity index (χ2n) is 3.43. The Morgan fingerprint density at radius 3 is 2.81 bits per heavy atom. The van der Waals surface area contributed by atoms with Gasteiger partial charge >= 0.3 is 0 Å². The number of hydrogen-bond acceptors (Lipinski definition) is 3. The maximum Gasteiger partial charge on any atom is 0.220 e. The Bertz CT molecular complexity index is 379. The van der Waals surface area contributed by atoms with Gasteiger partial charge in [-0.05, 0) is 24.6 Å². The topological polar surface area (TPSA) is 72.6 Å². The average molecular weight is 244 g/mol. The minimum absolute atomic E-state index is 0.147. The number of carbonyl (C=O) groups excluding carboxylic acids is 1. The van der Waals surface area contributed by atoms with Crippen molar-refractivity contribution in [2.24, 2.45) is 5.73 Å². The number of primary amides is 1. The highest BCUT2D eigenvalue weighted by Gasteiger charge is 2.06. The molecular weight excluding hydrogens is 230 g/mol. The molecule has 1 unspecified atom stereocenters. The van der Waals surface area contributed by atoms with Crippen molar-refractivity contribution in [1.29, 1.82) is 0 Å². The standard InChI is InChI=1S/C11H14ClNO3/c1-7(14)8-2-3-10(9(12)6-8)16-5-4-11(13)15/h2-3,6-7,14H,4-5H2,1H3,(H2,13,15). The molecule has 16 heavy (non-hydrogen) atoms. The molecule has 1 atom stereocenters. The van der Waals surface area contributed by atoms with E-state index >= 15 is 0 Å². The van der Waals surface area contributed by atoms with Crippen LogP contribution >= 0.6 is 11.6 Å². The summed E-state index contributed by atoms with van der Waals surface area (Å²) in [5, 5.41) is 9.73. The van der Waals surface area contributed by atoms with Gasteiger partial charge in [-0.1, -0.05) is 17.7 Å². The molecule has 0 bridgehead atoms. The van der Waals surface area contributed by atoms with E-state index in [1.807, 2.05) is 0 Å². The van der Waals surface area contributed by atoms with E-state index in [0.717, 1.165) is 0 Å². The number of rotatable bonds is 5. The SMILES string of the molecule is CC(O)c1ccc(OCCC(N)=O)c(Cl)c1. The van der Waals surface area contributed by atoms with E-state index in [2.05, 4.69) is 0 Å². The molecule has 0 fully saturated rings. The number of halogens is 1. The molecule has 4 nitrogen and oxygen atoms in total. The van der Waals surface area contributed by atoms with E-state index in [1.54, 1.807) is 25.1 Å². The van der Waals surface area contributed by atoms with Gasteiger partial charge in [0, 0.05) is 0 Å². The van der Waals surface area contributed by atoms with E-state index in [-0.39, 0.29) is 13.0 Å². The highest BCUT2D eigenvalue weighted by molar-refractivity contribution is 6.32. The third-order valence-electron chi connectivity index (χ3n) is 2.04. The minimum Gasteiger partial charge on any atom is -0.491 e. The summed E-state index contributed by atoms with van der Waals surface area (Å²) in [5.41, 5.74) is 5.69. The zero-order valence-corrected chi connectivity index (χ0v) is 9.70. The van der Waals surface area contributed by atoms with E-state index in [9.17, 15) is 9.90 Å². The molecule has 1 amide bonds. The Kier molecular flexibility index (Phi) is 4.58. The van der Waals surface area contributed by atoms with Crippen LogP contribution in [0.25, 0.3) is 0 Å². The van der Waals surface area contributed by atoms with E-state index in [4.69, 9.17) is 22.1 Å². The Morgan fingerprint density at radius 2 is 2.31 bits per heavy atom. The van der Waals surface area contributed by atoms with Crippen LogP contribution in [-0.2, 0) is 4.79 Å². The maximum absolute atomic E-state index is 10.5. The number of amides is 1. The fraction of sp³-hybridized carbons (Fsp3) is 0.364. The van der Waals surface area contributed by atoms with Gasteiger partial charge in [-0.2, -0.15) is 0 Å². The van der Waals surface area contributed by atoms with Gasteiger partial charge in [-0.15, -0.1) is 0 Å². The fourth-order valence-electron chi connectivity index (χ4n) is 1.16. The van der Waals surface area contributed by atoms with Crippen LogP contribution in [0.15, 0.2) is 18.2 Å². The highest BCUT2D eigenvalue weighted by atomic mass is 35.5. The first-order valence-electron chi connectivity index (χ1n) is 4.89. The number of ether oxygens (including phenoxy) is 1. The Labute approximate surface area is 99.0 Å². The lowest BCUT2D eigenvalue weighted by molar-refractivity contribution is -0.118. The van der Waals surface area contributed by atoms with E-state index in [0.29, 0.717) is 16.3 Å². The summed E-state index contributed by atoms with van der Waals surface area (Å²) in [4.78, 5) is 10.5. The molecule has 0 aliphatic heterocycles. The van der Waals surface area contributed by atoms with Crippen LogP contribution < -0.4 is 10.5 Å². The van der Waals surface area contributed by atoms with Crippen LogP contribution in [0, 0.1) is 0 Å². The first-order valence-corrected chi connectivity index (χ1v) is 5.27. The van der Waals surface area contributed by atoms with Crippen LogP contribution in [0.4, 0.5) is 0 Å². The summed E-state index contributed by atoms with van der Waals surface area (Å²) in [6, 6.07) is 5.01. The van der Waals surface area contributed by atoms with E-state index < -0.39 is 12.0 Å². The lowest BCUT2D eigenvalue weighted by Gasteiger charge is -2.10. The number of aliphatic hydroxyl groups excluding tert-OH is 1. The van der Waals surface area contributed by atoms with Gasteiger partial charge in [-0.3, -0.25) is 4.79 Å². The van der Waals surface area contributed by atoms with Crippen LogP contribution in [-0.4, -0.2) is 17.6 Å². The molecule has 0 heterocycles. The number of nitrogens with two attached hydrogens (primary N) is 1. The van der Waals surface area contributed by atoms with Gasteiger partial charge in [0.25, 0.3) is 0 Å². The van der Waals surface area contributed by atoms with Gasteiger partial charge in [-0.25, -0.2) is 0 Å². The monoisotopic (exact) mass is 243 g/mol. The van der Waals surface area contributed by atoms with Crippen molar-refractivity contribution < 1.29 is 14.6 Å². The van der Waals surface area contributed by atoms with Gasteiger partial charge in [0.2, 0.25) is 5.91 Å². The molecule has 88 valence electrons. The molecule has 1 aromatic rings. The molecule has 1 aromatic carbocycles. The van der Waals surface area contributed by atoms with Crippen LogP contribution in [0.2, 0.25) is 5.02 Å². The lowest BCUT2D eigenvalue weighted by Crippen LogP contribution is -2.14. The van der Waals surface area contributed by atoms with Crippen molar-refractivity contribution in [1.82, 2.24) is 0 Å². The third kappa shape index (κ3) is 3.72. The second kappa shape index (κ2) is 5.72. The highest BCUT2D eigenvalue weighted by Crippen LogP contribution is 2.27. The molecule has 0 aliphatic rings. The summed E-state index contributed by atoms with van der Waals surface area (Å²) < 4.78 is 5.27. The van der Waals surface area contributed by atoms with Crippen molar-refractivity contribution in [3.8, 4) is 5.75 Å².